The first-order valence-corrected chi connectivity index (χ1v) is 5.31. The summed E-state index contributed by atoms with van der Waals surface area (Å²) in [5.41, 5.74) is 8.81. The summed E-state index contributed by atoms with van der Waals surface area (Å²) >= 11 is 0. The first kappa shape index (κ1) is 12.5. The second kappa shape index (κ2) is 4.12. The zero-order valence-electron chi connectivity index (χ0n) is 10.6. The van der Waals surface area contributed by atoms with Crippen LogP contribution in [0.5, 0.6) is 0 Å². The van der Waals surface area contributed by atoms with Crippen LogP contribution in [0.3, 0.4) is 0 Å². The highest BCUT2D eigenvalue weighted by atomic mass is 15.0. The third kappa shape index (κ3) is 2.95. The van der Waals surface area contributed by atoms with E-state index in [0.717, 1.165) is 17.1 Å². The van der Waals surface area contributed by atoms with Crippen LogP contribution >= 0.6 is 0 Å². The number of nitrogen functional groups attached to an aromatic ring is 1. The molecule has 0 aliphatic rings. The van der Waals surface area contributed by atoms with Crippen molar-refractivity contribution in [2.75, 3.05) is 5.32 Å². The maximum absolute atomic E-state index is 7.59. The zero-order chi connectivity index (χ0) is 12.5. The van der Waals surface area contributed by atoms with Gasteiger partial charge in [0.2, 0.25) is 0 Å². The van der Waals surface area contributed by atoms with Gasteiger partial charge in [-0.3, -0.25) is 10.4 Å². The van der Waals surface area contributed by atoms with Gasteiger partial charge in [0, 0.05) is 16.9 Å². The number of hydrogen-bond donors (Lipinski definition) is 3. The van der Waals surface area contributed by atoms with Gasteiger partial charge in [0.1, 0.15) is 5.84 Å². The average Bonchev–Trinajstić information content (AvgIpc) is 1.96. The molecule has 0 unspecified atom stereocenters. The topological polar surface area (TPSA) is 74.8 Å². The van der Waals surface area contributed by atoms with Crippen LogP contribution in [0.15, 0.2) is 6.07 Å². The van der Waals surface area contributed by atoms with Crippen molar-refractivity contribution < 1.29 is 0 Å². The first-order valence-electron chi connectivity index (χ1n) is 5.31. The van der Waals surface area contributed by atoms with Crippen LogP contribution in [0.4, 0.5) is 5.69 Å². The van der Waals surface area contributed by atoms with E-state index in [0.29, 0.717) is 5.56 Å². The van der Waals surface area contributed by atoms with E-state index in [4.69, 9.17) is 11.1 Å². The standard InChI is InChI=1S/C12H20N4/c1-7-6-9(16-12(3,4)5)10(11(13)14)8(2)15-7/h6H,1-5H3,(H3,13,14)(H,15,16). The Bertz CT molecular complexity index is 416. The Kier molecular flexibility index (Phi) is 3.21. The van der Waals surface area contributed by atoms with E-state index in [1.807, 2.05) is 19.9 Å². The highest BCUT2D eigenvalue weighted by molar-refractivity contribution is 6.01. The lowest BCUT2D eigenvalue weighted by Crippen LogP contribution is -2.28. The molecule has 0 atom stereocenters. The maximum Gasteiger partial charge on any atom is 0.126 e. The summed E-state index contributed by atoms with van der Waals surface area (Å²) in [6.45, 7) is 10.0. The number of rotatable bonds is 2. The molecule has 1 aromatic rings. The van der Waals surface area contributed by atoms with Crippen LogP contribution in [0.2, 0.25) is 0 Å². The van der Waals surface area contributed by atoms with Crippen LogP contribution in [-0.2, 0) is 0 Å². The van der Waals surface area contributed by atoms with Gasteiger partial charge in [-0.2, -0.15) is 0 Å². The van der Waals surface area contributed by atoms with E-state index >= 15 is 0 Å². The van der Waals surface area contributed by atoms with Crippen LogP contribution in [0.25, 0.3) is 0 Å². The molecule has 1 heterocycles. The van der Waals surface area contributed by atoms with Gasteiger partial charge in [-0.15, -0.1) is 0 Å². The SMILES string of the molecule is Cc1cc(NC(C)(C)C)c(C(=N)N)c(C)n1. The fourth-order valence-corrected chi connectivity index (χ4v) is 1.67. The monoisotopic (exact) mass is 220 g/mol. The fourth-order valence-electron chi connectivity index (χ4n) is 1.67. The predicted molar refractivity (Wildman–Crippen MR) is 68.1 cm³/mol. The smallest absolute Gasteiger partial charge is 0.126 e. The molecule has 4 nitrogen and oxygen atoms in total. The lowest BCUT2D eigenvalue weighted by molar-refractivity contribution is 0.633. The molecule has 0 aliphatic carbocycles. The first-order chi connectivity index (χ1) is 7.20. The summed E-state index contributed by atoms with van der Waals surface area (Å²) in [5.74, 6) is 0.0525. The van der Waals surface area contributed by atoms with E-state index in [9.17, 15) is 0 Å². The van der Waals surface area contributed by atoms with Crippen molar-refractivity contribution in [1.29, 1.82) is 5.41 Å². The Morgan fingerprint density at radius 2 is 1.94 bits per heavy atom. The zero-order valence-corrected chi connectivity index (χ0v) is 10.6. The molecule has 88 valence electrons. The van der Waals surface area contributed by atoms with Gasteiger partial charge in [0.25, 0.3) is 0 Å². The quantitative estimate of drug-likeness (QED) is 0.528. The number of aromatic nitrogens is 1. The Morgan fingerprint density at radius 3 is 2.38 bits per heavy atom. The number of hydrogen-bond acceptors (Lipinski definition) is 3. The number of amidine groups is 1. The van der Waals surface area contributed by atoms with E-state index in [1.54, 1.807) is 0 Å². The lowest BCUT2D eigenvalue weighted by atomic mass is 10.0. The number of nitrogens with two attached hydrogens (primary N) is 1. The molecule has 0 amide bonds. The predicted octanol–water partition coefficient (Wildman–Crippen LogP) is 2.19. The minimum absolute atomic E-state index is 0.0525. The van der Waals surface area contributed by atoms with Crippen molar-refractivity contribution in [2.45, 2.75) is 40.2 Å². The van der Waals surface area contributed by atoms with Crippen LogP contribution in [0.1, 0.15) is 37.7 Å². The third-order valence-electron chi connectivity index (χ3n) is 2.11. The fraction of sp³-hybridized carbons (Fsp3) is 0.500. The van der Waals surface area contributed by atoms with Crippen LogP contribution in [0, 0.1) is 19.3 Å². The maximum atomic E-state index is 7.59. The van der Waals surface area contributed by atoms with Crippen LogP contribution in [-0.4, -0.2) is 16.4 Å². The van der Waals surface area contributed by atoms with Crippen molar-refractivity contribution in [2.24, 2.45) is 5.73 Å². The van der Waals surface area contributed by atoms with Crippen molar-refractivity contribution >= 4 is 11.5 Å². The summed E-state index contributed by atoms with van der Waals surface area (Å²) in [6, 6.07) is 1.93. The molecule has 0 spiro atoms. The van der Waals surface area contributed by atoms with Crippen molar-refractivity contribution in [3.63, 3.8) is 0 Å². The molecule has 0 aromatic carbocycles. The van der Waals surface area contributed by atoms with Gasteiger partial charge in [0.05, 0.1) is 11.3 Å². The Hall–Kier alpha value is -1.58. The number of nitrogens with one attached hydrogen (secondary N) is 2. The molecule has 0 saturated carbocycles. The van der Waals surface area contributed by atoms with Crippen molar-refractivity contribution in [1.82, 2.24) is 4.98 Å². The molecule has 16 heavy (non-hydrogen) atoms. The summed E-state index contributed by atoms with van der Waals surface area (Å²) in [5, 5.41) is 10.9. The summed E-state index contributed by atoms with van der Waals surface area (Å²) in [7, 11) is 0. The van der Waals surface area contributed by atoms with Gasteiger partial charge >= 0.3 is 0 Å². The summed E-state index contributed by atoms with van der Waals surface area (Å²) < 4.78 is 0. The highest BCUT2D eigenvalue weighted by Gasteiger charge is 2.16. The average molecular weight is 220 g/mol. The Balaban J connectivity index is 3.30. The van der Waals surface area contributed by atoms with E-state index in [1.165, 1.54) is 0 Å². The van der Waals surface area contributed by atoms with Gasteiger partial charge in [-0.25, -0.2) is 0 Å². The molecule has 0 saturated heterocycles. The van der Waals surface area contributed by atoms with Gasteiger partial charge < -0.3 is 11.1 Å². The Morgan fingerprint density at radius 1 is 1.38 bits per heavy atom. The lowest BCUT2D eigenvalue weighted by Gasteiger charge is -2.24. The van der Waals surface area contributed by atoms with E-state index < -0.39 is 0 Å². The van der Waals surface area contributed by atoms with Crippen molar-refractivity contribution in [3.05, 3.63) is 23.0 Å². The summed E-state index contributed by atoms with van der Waals surface area (Å²) in [4.78, 5) is 4.32. The number of pyridine rings is 1. The number of anilines is 1. The second-order valence-electron chi connectivity index (χ2n) is 5.06. The molecule has 0 bridgehead atoms. The van der Waals surface area contributed by atoms with E-state index in [-0.39, 0.29) is 11.4 Å². The van der Waals surface area contributed by atoms with E-state index in [2.05, 4.69) is 31.1 Å². The molecule has 1 rings (SSSR count). The number of nitrogens with zero attached hydrogens (tertiary/aromatic N) is 1. The summed E-state index contributed by atoms with van der Waals surface area (Å²) in [6.07, 6.45) is 0. The molecule has 4 heteroatoms. The molecule has 4 N–H and O–H groups in total. The molecule has 1 aromatic heterocycles. The highest BCUT2D eigenvalue weighted by Crippen LogP contribution is 2.22. The van der Waals surface area contributed by atoms with Gasteiger partial charge in [-0.05, 0) is 40.7 Å². The minimum atomic E-state index is -0.0650. The Labute approximate surface area is 96.8 Å². The van der Waals surface area contributed by atoms with Crippen LogP contribution < -0.4 is 11.1 Å². The van der Waals surface area contributed by atoms with Gasteiger partial charge in [-0.1, -0.05) is 0 Å². The molecular weight excluding hydrogens is 200 g/mol. The third-order valence-corrected chi connectivity index (χ3v) is 2.11. The minimum Gasteiger partial charge on any atom is -0.384 e. The second-order valence-corrected chi connectivity index (χ2v) is 5.06. The normalized spacial score (nSPS) is 11.3. The van der Waals surface area contributed by atoms with Gasteiger partial charge in [0.15, 0.2) is 0 Å². The largest absolute Gasteiger partial charge is 0.384 e. The molecule has 0 radical (unpaired) electrons. The molecular formula is C12H20N4. The molecule has 0 aliphatic heterocycles. The van der Waals surface area contributed by atoms with Crippen molar-refractivity contribution in [3.8, 4) is 0 Å². The molecule has 0 fully saturated rings. The number of aryl methyl sites for hydroxylation is 2.